The van der Waals surface area contributed by atoms with Crippen molar-refractivity contribution >= 4 is 12.4 Å². The molecule has 1 saturated carbocycles. The lowest BCUT2D eigenvalue weighted by Crippen LogP contribution is -2.70. The highest BCUT2D eigenvalue weighted by Gasteiger charge is 2.67. The highest BCUT2D eigenvalue weighted by atomic mass is 35.5. The number of rotatable bonds is 2. The summed E-state index contributed by atoms with van der Waals surface area (Å²) in [7, 11) is 1.00. The molecule has 0 bridgehead atoms. The van der Waals surface area contributed by atoms with Gasteiger partial charge in [-0.3, -0.25) is 0 Å². The van der Waals surface area contributed by atoms with E-state index in [1.807, 2.05) is 0 Å². The quantitative estimate of drug-likeness (QED) is 0.746. The highest BCUT2D eigenvalue weighted by Crippen LogP contribution is 2.51. The van der Waals surface area contributed by atoms with E-state index in [1.54, 1.807) is 0 Å². The number of alkyl halides is 3. The molecule has 3 nitrogen and oxygen atoms in total. The van der Waals surface area contributed by atoms with Gasteiger partial charge >= 0.3 is 6.18 Å². The first-order valence-corrected chi connectivity index (χ1v) is 3.80. The van der Waals surface area contributed by atoms with Gasteiger partial charge in [0.1, 0.15) is 0 Å². The summed E-state index contributed by atoms with van der Waals surface area (Å²) in [6.07, 6.45) is -5.17. The number of methoxy groups -OCH3 is 1. The second kappa shape index (κ2) is 3.84. The maximum Gasteiger partial charge on any atom is 0.417 e. The Kier molecular flexibility index (Phi) is 3.83. The molecule has 0 saturated heterocycles. The minimum atomic E-state index is -4.42. The van der Waals surface area contributed by atoms with Crippen LogP contribution in [0.2, 0.25) is 0 Å². The summed E-state index contributed by atoms with van der Waals surface area (Å²) in [4.78, 5) is 0. The third-order valence-corrected chi connectivity index (χ3v) is 2.50. The Morgan fingerprint density at radius 1 is 1.43 bits per heavy atom. The van der Waals surface area contributed by atoms with Crippen molar-refractivity contribution in [1.82, 2.24) is 0 Å². The van der Waals surface area contributed by atoms with Crippen LogP contribution in [-0.2, 0) is 4.74 Å². The number of halogens is 4. The molecule has 1 aliphatic rings. The number of hydrogen-bond donors (Lipinski definition) is 2. The van der Waals surface area contributed by atoms with E-state index in [1.165, 1.54) is 0 Å². The zero-order valence-electron chi connectivity index (χ0n) is 7.60. The fourth-order valence-electron chi connectivity index (χ4n) is 1.66. The summed E-state index contributed by atoms with van der Waals surface area (Å²) in [6, 6.07) is 0. The Hall–Kier alpha value is -0.0400. The summed E-state index contributed by atoms with van der Waals surface area (Å²) in [5.74, 6) is 0. The Morgan fingerprint density at radius 2 is 1.86 bits per heavy atom. The highest BCUT2D eigenvalue weighted by molar-refractivity contribution is 5.85. The van der Waals surface area contributed by atoms with Crippen LogP contribution in [0, 0.1) is 0 Å². The van der Waals surface area contributed by atoms with E-state index in [4.69, 9.17) is 10.8 Å². The van der Waals surface area contributed by atoms with Crippen LogP contribution in [-0.4, -0.2) is 36.1 Å². The summed E-state index contributed by atoms with van der Waals surface area (Å²) in [5, 5.41) is 8.69. The maximum absolute atomic E-state index is 12.4. The Morgan fingerprint density at radius 3 is 2.07 bits per heavy atom. The normalized spacial score (nSPS) is 37.3. The molecule has 0 aromatic carbocycles. The summed E-state index contributed by atoms with van der Waals surface area (Å²) >= 11 is 0. The molecule has 86 valence electrons. The molecule has 14 heavy (non-hydrogen) atoms. The van der Waals surface area contributed by atoms with Crippen molar-refractivity contribution in [2.75, 3.05) is 13.7 Å². The fourth-order valence-corrected chi connectivity index (χ4v) is 1.66. The molecule has 0 aromatic heterocycles. The number of aliphatic hydroxyl groups excluding tert-OH is 1. The molecule has 3 N–H and O–H groups in total. The number of hydrogen-bond acceptors (Lipinski definition) is 3. The zero-order valence-corrected chi connectivity index (χ0v) is 8.41. The van der Waals surface area contributed by atoms with Crippen LogP contribution in [0.25, 0.3) is 0 Å². The molecule has 0 atom stereocenters. The molecular formula is C7H13ClF3NO2. The average molecular weight is 236 g/mol. The van der Waals surface area contributed by atoms with Crippen LogP contribution in [0.3, 0.4) is 0 Å². The zero-order chi connectivity index (χ0) is 10.3. The van der Waals surface area contributed by atoms with Crippen LogP contribution in [0.5, 0.6) is 0 Å². The van der Waals surface area contributed by atoms with Crippen LogP contribution in [0.1, 0.15) is 12.8 Å². The van der Waals surface area contributed by atoms with Crippen molar-refractivity contribution in [3.63, 3.8) is 0 Å². The first-order valence-electron chi connectivity index (χ1n) is 3.80. The van der Waals surface area contributed by atoms with E-state index in [2.05, 4.69) is 4.74 Å². The summed E-state index contributed by atoms with van der Waals surface area (Å²) in [6.45, 7) is -0.450. The molecule has 7 heteroatoms. The van der Waals surface area contributed by atoms with Crippen molar-refractivity contribution in [1.29, 1.82) is 0 Å². The molecular weight excluding hydrogens is 223 g/mol. The van der Waals surface area contributed by atoms with Gasteiger partial charge < -0.3 is 15.6 Å². The van der Waals surface area contributed by atoms with E-state index in [9.17, 15) is 13.2 Å². The SMILES string of the molecule is COC1(C(F)(F)F)CC(N)(CO)C1.Cl. The molecule has 1 rings (SSSR count). The van der Waals surface area contributed by atoms with Crippen molar-refractivity contribution in [2.45, 2.75) is 30.2 Å². The van der Waals surface area contributed by atoms with E-state index in [0.717, 1.165) is 7.11 Å². The van der Waals surface area contributed by atoms with Gasteiger partial charge in [0.05, 0.1) is 6.61 Å². The Labute approximate surface area is 85.8 Å². The second-order valence-corrected chi connectivity index (χ2v) is 3.57. The second-order valence-electron chi connectivity index (χ2n) is 3.57. The van der Waals surface area contributed by atoms with Crippen LogP contribution in [0.15, 0.2) is 0 Å². The lowest BCUT2D eigenvalue weighted by molar-refractivity contribution is -0.313. The predicted molar refractivity (Wildman–Crippen MR) is 46.3 cm³/mol. The standard InChI is InChI=1S/C7H12F3NO2.ClH/c1-13-6(7(8,9)10)2-5(11,3-6)4-12;/h12H,2-4,11H2,1H3;1H. The molecule has 0 heterocycles. The van der Waals surface area contributed by atoms with Gasteiger partial charge in [0, 0.05) is 25.5 Å². The smallest absolute Gasteiger partial charge is 0.394 e. The number of aliphatic hydroxyl groups is 1. The fraction of sp³-hybridized carbons (Fsp3) is 1.00. The predicted octanol–water partition coefficient (Wildman–Crippen LogP) is 0.839. The van der Waals surface area contributed by atoms with Gasteiger partial charge in [-0.05, 0) is 0 Å². The molecule has 1 fully saturated rings. The third-order valence-electron chi connectivity index (χ3n) is 2.50. The van der Waals surface area contributed by atoms with E-state index < -0.39 is 23.9 Å². The first kappa shape index (κ1) is 14.0. The molecule has 0 aliphatic heterocycles. The van der Waals surface area contributed by atoms with Gasteiger partial charge in [-0.15, -0.1) is 12.4 Å². The van der Waals surface area contributed by atoms with Gasteiger partial charge in [-0.1, -0.05) is 0 Å². The average Bonchev–Trinajstić information content (AvgIpc) is 1.96. The van der Waals surface area contributed by atoms with Gasteiger partial charge in [-0.25, -0.2) is 0 Å². The van der Waals surface area contributed by atoms with Crippen LogP contribution in [0.4, 0.5) is 13.2 Å². The van der Waals surface area contributed by atoms with Crippen molar-refractivity contribution in [3.05, 3.63) is 0 Å². The van der Waals surface area contributed by atoms with Gasteiger partial charge in [0.15, 0.2) is 5.60 Å². The van der Waals surface area contributed by atoms with Gasteiger partial charge in [-0.2, -0.15) is 13.2 Å². The van der Waals surface area contributed by atoms with Gasteiger partial charge in [0.2, 0.25) is 0 Å². The lowest BCUT2D eigenvalue weighted by atomic mass is 9.65. The monoisotopic (exact) mass is 235 g/mol. The van der Waals surface area contributed by atoms with E-state index in [0.29, 0.717) is 0 Å². The Bertz CT molecular complexity index is 204. The van der Waals surface area contributed by atoms with Crippen molar-refractivity contribution < 1.29 is 23.0 Å². The van der Waals surface area contributed by atoms with Crippen LogP contribution < -0.4 is 5.73 Å². The topological polar surface area (TPSA) is 55.5 Å². The summed E-state index contributed by atoms with van der Waals surface area (Å²) in [5.41, 5.74) is 2.14. The van der Waals surface area contributed by atoms with E-state index in [-0.39, 0.29) is 25.2 Å². The molecule has 0 aromatic rings. The van der Waals surface area contributed by atoms with Gasteiger partial charge in [0.25, 0.3) is 0 Å². The molecule has 0 radical (unpaired) electrons. The molecule has 0 amide bonds. The third kappa shape index (κ3) is 1.98. The largest absolute Gasteiger partial charge is 0.417 e. The molecule has 1 aliphatic carbocycles. The number of ether oxygens (including phenoxy) is 1. The lowest BCUT2D eigenvalue weighted by Gasteiger charge is -2.52. The van der Waals surface area contributed by atoms with Crippen molar-refractivity contribution in [2.24, 2.45) is 5.73 Å². The first-order chi connectivity index (χ1) is 5.79. The molecule has 0 spiro atoms. The molecule has 0 unspecified atom stereocenters. The minimum Gasteiger partial charge on any atom is -0.394 e. The maximum atomic E-state index is 12.4. The van der Waals surface area contributed by atoms with E-state index >= 15 is 0 Å². The number of nitrogens with two attached hydrogens (primary N) is 1. The summed E-state index contributed by atoms with van der Waals surface area (Å²) < 4.78 is 41.5. The Balaban J connectivity index is 0.00000169. The van der Waals surface area contributed by atoms with Crippen molar-refractivity contribution in [3.8, 4) is 0 Å². The van der Waals surface area contributed by atoms with Crippen LogP contribution >= 0.6 is 12.4 Å². The minimum absolute atomic E-state index is 0.